The van der Waals surface area contributed by atoms with Crippen molar-refractivity contribution in [2.75, 3.05) is 0 Å². The Labute approximate surface area is 102 Å². The van der Waals surface area contributed by atoms with Crippen LogP contribution in [0.4, 0.5) is 0 Å². The molecule has 1 aromatic rings. The van der Waals surface area contributed by atoms with Crippen molar-refractivity contribution in [3.05, 3.63) is 24.3 Å². The number of rotatable bonds is 4. The molecule has 1 atom stereocenters. The van der Waals surface area contributed by atoms with Gasteiger partial charge in [-0.15, -0.1) is 0 Å². The van der Waals surface area contributed by atoms with E-state index in [2.05, 4.69) is 30.0 Å². The molecule has 1 aliphatic carbocycles. The summed E-state index contributed by atoms with van der Waals surface area (Å²) in [5.41, 5.74) is -0.722. The molecule has 1 N–H and O–H groups in total. The zero-order chi connectivity index (χ0) is 12.3. The number of hydrogen-bond donors (Lipinski definition) is 1. The zero-order valence-corrected chi connectivity index (χ0v) is 10.6. The summed E-state index contributed by atoms with van der Waals surface area (Å²) < 4.78 is 1.91. The molecule has 0 bridgehead atoms. The highest BCUT2D eigenvalue weighted by Crippen LogP contribution is 2.25. The number of aromatic nitrogens is 3. The maximum Gasteiger partial charge on any atom is 0.138 e. The van der Waals surface area contributed by atoms with Crippen LogP contribution in [0.1, 0.15) is 38.9 Å². The molecule has 4 heteroatoms. The van der Waals surface area contributed by atoms with Crippen molar-refractivity contribution in [3.63, 3.8) is 0 Å². The Hall–Kier alpha value is -1.16. The topological polar surface area (TPSA) is 50.9 Å². The summed E-state index contributed by atoms with van der Waals surface area (Å²) in [7, 11) is 0. The molecule has 0 radical (unpaired) electrons. The van der Waals surface area contributed by atoms with Crippen LogP contribution in [0.2, 0.25) is 0 Å². The number of allylic oxidation sites excluding steroid dienone is 1. The van der Waals surface area contributed by atoms with E-state index >= 15 is 0 Å². The van der Waals surface area contributed by atoms with Crippen LogP contribution in [-0.4, -0.2) is 25.5 Å². The van der Waals surface area contributed by atoms with Gasteiger partial charge >= 0.3 is 0 Å². The Morgan fingerprint density at radius 2 is 2.35 bits per heavy atom. The van der Waals surface area contributed by atoms with Gasteiger partial charge in [-0.25, -0.2) is 9.67 Å². The average Bonchev–Trinajstić information content (AvgIpc) is 2.65. The molecule has 94 valence electrons. The minimum Gasteiger partial charge on any atom is -0.385 e. The lowest BCUT2D eigenvalue weighted by molar-refractivity contribution is 0.0716. The van der Waals surface area contributed by atoms with Gasteiger partial charge in [0, 0.05) is 13.0 Å². The zero-order valence-electron chi connectivity index (χ0n) is 10.6. The van der Waals surface area contributed by atoms with Crippen molar-refractivity contribution in [1.29, 1.82) is 0 Å². The molecule has 17 heavy (non-hydrogen) atoms. The second kappa shape index (κ2) is 5.00. The van der Waals surface area contributed by atoms with E-state index in [1.54, 1.807) is 6.33 Å². The lowest BCUT2D eigenvalue weighted by atomic mass is 9.88. The highest BCUT2D eigenvalue weighted by atomic mass is 16.3. The Morgan fingerprint density at radius 1 is 1.53 bits per heavy atom. The molecule has 1 heterocycles. The highest BCUT2D eigenvalue weighted by molar-refractivity contribution is 5.09. The predicted octanol–water partition coefficient (Wildman–Crippen LogP) is 1.95. The van der Waals surface area contributed by atoms with Gasteiger partial charge in [-0.1, -0.05) is 26.0 Å². The van der Waals surface area contributed by atoms with Crippen LogP contribution >= 0.6 is 0 Å². The van der Waals surface area contributed by atoms with Gasteiger partial charge in [0.15, 0.2) is 0 Å². The molecular formula is C13H21N3O. The molecule has 0 aromatic carbocycles. The summed E-state index contributed by atoms with van der Waals surface area (Å²) in [5.74, 6) is 1.42. The van der Waals surface area contributed by atoms with E-state index in [-0.39, 0.29) is 0 Å². The summed E-state index contributed by atoms with van der Waals surface area (Å²) >= 11 is 0. The van der Waals surface area contributed by atoms with E-state index in [0.29, 0.717) is 12.3 Å². The molecule has 0 spiro atoms. The van der Waals surface area contributed by atoms with Crippen molar-refractivity contribution in [2.24, 2.45) is 5.92 Å². The lowest BCUT2D eigenvalue weighted by Gasteiger charge is -2.27. The van der Waals surface area contributed by atoms with Crippen LogP contribution in [0, 0.1) is 5.92 Å². The van der Waals surface area contributed by atoms with Gasteiger partial charge in [-0.3, -0.25) is 0 Å². The second-order valence-electron chi connectivity index (χ2n) is 5.33. The second-order valence-corrected chi connectivity index (χ2v) is 5.33. The van der Waals surface area contributed by atoms with Crippen molar-refractivity contribution in [3.8, 4) is 0 Å². The monoisotopic (exact) mass is 235 g/mol. The molecule has 1 unspecified atom stereocenters. The van der Waals surface area contributed by atoms with Crippen molar-refractivity contribution in [2.45, 2.75) is 51.7 Å². The Kier molecular flexibility index (Phi) is 3.62. The van der Waals surface area contributed by atoms with Gasteiger partial charge in [0.1, 0.15) is 12.2 Å². The molecule has 0 amide bonds. The molecule has 2 rings (SSSR count). The summed E-state index contributed by atoms with van der Waals surface area (Å²) in [5, 5.41) is 14.7. The Balaban J connectivity index is 2.10. The standard InChI is InChI=1S/C13H21N3O/c1-11(2)9-16-12(14-10-15-16)8-13(17)6-4-3-5-7-13/h4,6,10-11,17H,3,5,7-9H2,1-2H3. The minimum atomic E-state index is -0.722. The van der Waals surface area contributed by atoms with Crippen LogP contribution in [0.3, 0.4) is 0 Å². The Morgan fingerprint density at radius 3 is 3.00 bits per heavy atom. The molecule has 1 aliphatic rings. The first kappa shape index (κ1) is 12.3. The largest absolute Gasteiger partial charge is 0.385 e. The molecule has 0 fully saturated rings. The van der Waals surface area contributed by atoms with Crippen LogP contribution in [-0.2, 0) is 13.0 Å². The van der Waals surface area contributed by atoms with E-state index < -0.39 is 5.60 Å². The van der Waals surface area contributed by atoms with Gasteiger partial charge in [0.25, 0.3) is 0 Å². The third-order valence-electron chi connectivity index (χ3n) is 3.11. The maximum atomic E-state index is 10.4. The maximum absolute atomic E-state index is 10.4. The van der Waals surface area contributed by atoms with Gasteiger partial charge in [-0.05, 0) is 25.2 Å². The first-order chi connectivity index (χ1) is 8.09. The molecule has 0 aliphatic heterocycles. The first-order valence-electron chi connectivity index (χ1n) is 6.36. The summed E-state index contributed by atoms with van der Waals surface area (Å²) in [6, 6.07) is 0. The SMILES string of the molecule is CC(C)Cn1ncnc1CC1(O)C=CCCC1. The summed E-state index contributed by atoms with van der Waals surface area (Å²) in [6.07, 6.45) is 9.06. The van der Waals surface area contributed by atoms with E-state index in [0.717, 1.165) is 31.6 Å². The van der Waals surface area contributed by atoms with E-state index in [1.807, 2.05) is 10.8 Å². The van der Waals surface area contributed by atoms with Gasteiger partial charge in [0.05, 0.1) is 5.60 Å². The molecule has 0 saturated heterocycles. The smallest absolute Gasteiger partial charge is 0.138 e. The lowest BCUT2D eigenvalue weighted by Crippen LogP contribution is -2.32. The fraction of sp³-hybridized carbons (Fsp3) is 0.692. The molecule has 0 saturated carbocycles. The summed E-state index contributed by atoms with van der Waals surface area (Å²) in [4.78, 5) is 4.27. The van der Waals surface area contributed by atoms with Crippen LogP contribution in [0.5, 0.6) is 0 Å². The van der Waals surface area contributed by atoms with Crippen molar-refractivity contribution in [1.82, 2.24) is 14.8 Å². The van der Waals surface area contributed by atoms with Gasteiger partial charge in [0.2, 0.25) is 0 Å². The van der Waals surface area contributed by atoms with Crippen LogP contribution in [0.25, 0.3) is 0 Å². The third-order valence-corrected chi connectivity index (χ3v) is 3.11. The molecular weight excluding hydrogens is 214 g/mol. The fourth-order valence-corrected chi connectivity index (χ4v) is 2.26. The third kappa shape index (κ3) is 3.16. The number of aliphatic hydroxyl groups is 1. The predicted molar refractivity (Wildman–Crippen MR) is 66.5 cm³/mol. The van der Waals surface area contributed by atoms with Gasteiger partial charge < -0.3 is 5.11 Å². The normalized spacial score (nSPS) is 24.5. The van der Waals surface area contributed by atoms with Crippen LogP contribution in [0.15, 0.2) is 18.5 Å². The molecule has 4 nitrogen and oxygen atoms in total. The molecule has 1 aromatic heterocycles. The fourth-order valence-electron chi connectivity index (χ4n) is 2.26. The first-order valence-corrected chi connectivity index (χ1v) is 6.36. The Bertz CT molecular complexity index is 397. The summed E-state index contributed by atoms with van der Waals surface area (Å²) in [6.45, 7) is 5.16. The average molecular weight is 235 g/mol. The van der Waals surface area contributed by atoms with E-state index in [9.17, 15) is 5.11 Å². The highest BCUT2D eigenvalue weighted by Gasteiger charge is 2.27. The van der Waals surface area contributed by atoms with Crippen molar-refractivity contribution >= 4 is 0 Å². The van der Waals surface area contributed by atoms with Crippen LogP contribution < -0.4 is 0 Å². The van der Waals surface area contributed by atoms with Gasteiger partial charge in [-0.2, -0.15) is 5.10 Å². The minimum absolute atomic E-state index is 0.534. The quantitative estimate of drug-likeness (QED) is 0.811. The van der Waals surface area contributed by atoms with E-state index in [1.165, 1.54) is 0 Å². The number of hydrogen-bond acceptors (Lipinski definition) is 3. The number of nitrogens with zero attached hydrogens (tertiary/aromatic N) is 3. The van der Waals surface area contributed by atoms with E-state index in [4.69, 9.17) is 0 Å². The van der Waals surface area contributed by atoms with Crippen molar-refractivity contribution < 1.29 is 5.11 Å².